The fraction of sp³-hybridized carbons (Fsp3) is 0.182. The Bertz CT molecular complexity index is 1190. The monoisotopic (exact) mass is 435 g/mol. The third-order valence-corrected chi connectivity index (χ3v) is 5.30. The number of carbonyl (C=O) groups is 1. The van der Waals surface area contributed by atoms with Crippen LogP contribution in [0.3, 0.4) is 0 Å². The number of imidazole rings is 1. The van der Waals surface area contributed by atoms with Gasteiger partial charge in [-0.1, -0.05) is 0 Å². The molecule has 0 aliphatic heterocycles. The van der Waals surface area contributed by atoms with Gasteiger partial charge in [0.25, 0.3) is 5.91 Å². The molecule has 0 radical (unpaired) electrons. The topological polar surface area (TPSA) is 95.1 Å². The first kappa shape index (κ1) is 20.7. The second-order valence-corrected chi connectivity index (χ2v) is 7.51. The van der Waals surface area contributed by atoms with Crippen LogP contribution in [0.2, 0.25) is 0 Å². The molecule has 8 nitrogen and oxygen atoms in total. The Kier molecular flexibility index (Phi) is 6.03. The number of thioether (sulfide) groups is 1. The third-order valence-electron chi connectivity index (χ3n) is 4.62. The number of aromatic nitrogens is 4. The molecular weight excluding hydrogens is 414 g/mol. The number of aryl methyl sites for hydroxylation is 2. The normalized spacial score (nSPS) is 10.8. The lowest BCUT2D eigenvalue weighted by Gasteiger charge is -2.12. The number of benzene rings is 1. The highest BCUT2D eigenvalue weighted by Gasteiger charge is 2.20. The average molecular weight is 436 g/mol. The van der Waals surface area contributed by atoms with Crippen LogP contribution in [0.4, 0.5) is 5.69 Å². The van der Waals surface area contributed by atoms with Gasteiger partial charge in [-0.3, -0.25) is 4.79 Å². The quantitative estimate of drug-likeness (QED) is 0.341. The molecule has 0 aliphatic carbocycles. The largest absolute Gasteiger partial charge is 0.486 e. The van der Waals surface area contributed by atoms with Gasteiger partial charge in [-0.2, -0.15) is 0 Å². The minimum atomic E-state index is -0.269. The molecule has 3 heterocycles. The first-order chi connectivity index (χ1) is 15.0. The Morgan fingerprint density at radius 1 is 1.23 bits per heavy atom. The van der Waals surface area contributed by atoms with Crippen LogP contribution in [0.1, 0.15) is 21.9 Å². The molecule has 0 saturated carbocycles. The number of furan rings is 1. The molecule has 0 bridgehead atoms. The van der Waals surface area contributed by atoms with Crippen LogP contribution < -0.4 is 10.1 Å². The zero-order chi connectivity index (χ0) is 21.8. The summed E-state index contributed by atoms with van der Waals surface area (Å²) < 4.78 is 13.0. The predicted molar refractivity (Wildman–Crippen MR) is 118 cm³/mol. The van der Waals surface area contributed by atoms with Gasteiger partial charge in [-0.25, -0.2) is 15.0 Å². The fourth-order valence-electron chi connectivity index (χ4n) is 2.98. The van der Waals surface area contributed by atoms with E-state index in [4.69, 9.17) is 9.15 Å². The van der Waals surface area contributed by atoms with Crippen molar-refractivity contribution < 1.29 is 13.9 Å². The third kappa shape index (κ3) is 4.61. The number of nitrogens with one attached hydrogen (secondary N) is 1. The van der Waals surface area contributed by atoms with E-state index in [2.05, 4.69) is 20.3 Å². The van der Waals surface area contributed by atoms with Gasteiger partial charge in [-0.05, 0) is 49.6 Å². The van der Waals surface area contributed by atoms with Crippen molar-refractivity contribution in [1.29, 1.82) is 0 Å². The molecule has 0 aliphatic rings. The second kappa shape index (κ2) is 9.05. The molecule has 9 heteroatoms. The summed E-state index contributed by atoms with van der Waals surface area (Å²) in [7, 11) is 1.92. The van der Waals surface area contributed by atoms with E-state index in [1.54, 1.807) is 55.8 Å². The van der Waals surface area contributed by atoms with E-state index >= 15 is 0 Å². The predicted octanol–water partition coefficient (Wildman–Crippen LogP) is 4.33. The van der Waals surface area contributed by atoms with Crippen molar-refractivity contribution in [2.45, 2.75) is 18.6 Å². The smallest absolute Gasteiger partial charge is 0.260 e. The van der Waals surface area contributed by atoms with E-state index < -0.39 is 0 Å². The van der Waals surface area contributed by atoms with Gasteiger partial charge < -0.3 is 19.0 Å². The maximum atomic E-state index is 12.9. The summed E-state index contributed by atoms with van der Waals surface area (Å²) in [6, 6.07) is 10.7. The van der Waals surface area contributed by atoms with Crippen molar-refractivity contribution in [3.63, 3.8) is 0 Å². The summed E-state index contributed by atoms with van der Waals surface area (Å²) in [5, 5.41) is 3.50. The van der Waals surface area contributed by atoms with Crippen LogP contribution in [0.15, 0.2) is 64.5 Å². The van der Waals surface area contributed by atoms with E-state index in [0.717, 1.165) is 5.82 Å². The highest BCUT2D eigenvalue weighted by molar-refractivity contribution is 7.98. The Morgan fingerprint density at radius 3 is 2.68 bits per heavy atom. The highest BCUT2D eigenvalue weighted by Crippen LogP contribution is 2.26. The molecule has 3 aromatic heterocycles. The van der Waals surface area contributed by atoms with Gasteiger partial charge in [0.2, 0.25) is 0 Å². The summed E-state index contributed by atoms with van der Waals surface area (Å²) in [5.41, 5.74) is 1.67. The Morgan fingerprint density at radius 2 is 2.03 bits per heavy atom. The average Bonchev–Trinajstić information content (AvgIpc) is 3.44. The van der Waals surface area contributed by atoms with Crippen molar-refractivity contribution in [3.05, 3.63) is 72.1 Å². The molecule has 0 fully saturated rings. The summed E-state index contributed by atoms with van der Waals surface area (Å²) in [6.45, 7) is 2.15. The summed E-state index contributed by atoms with van der Waals surface area (Å²) in [6.07, 6.45) is 7.04. The summed E-state index contributed by atoms with van der Waals surface area (Å²) in [5.74, 6) is 2.27. The van der Waals surface area contributed by atoms with E-state index in [-0.39, 0.29) is 5.91 Å². The molecule has 0 unspecified atom stereocenters. The summed E-state index contributed by atoms with van der Waals surface area (Å²) >= 11 is 1.39. The van der Waals surface area contributed by atoms with Crippen molar-refractivity contribution in [2.24, 2.45) is 7.05 Å². The number of ether oxygens (including phenoxy) is 1. The number of hydrogen-bond donors (Lipinski definition) is 1. The maximum Gasteiger partial charge on any atom is 0.260 e. The lowest BCUT2D eigenvalue weighted by atomic mass is 10.2. The lowest BCUT2D eigenvalue weighted by Crippen LogP contribution is -2.17. The van der Waals surface area contributed by atoms with Crippen LogP contribution in [0.25, 0.3) is 11.6 Å². The lowest BCUT2D eigenvalue weighted by molar-refractivity contribution is 0.102. The Labute approximate surface area is 183 Å². The van der Waals surface area contributed by atoms with Crippen LogP contribution in [0.5, 0.6) is 5.75 Å². The zero-order valence-corrected chi connectivity index (χ0v) is 18.1. The molecule has 0 atom stereocenters. The molecule has 158 valence electrons. The Hall–Kier alpha value is -3.59. The molecule has 0 saturated heterocycles. The van der Waals surface area contributed by atoms with Gasteiger partial charge in [0.05, 0.1) is 17.5 Å². The van der Waals surface area contributed by atoms with Gasteiger partial charge in [0.15, 0.2) is 11.6 Å². The molecule has 0 spiro atoms. The van der Waals surface area contributed by atoms with E-state index in [0.29, 0.717) is 45.9 Å². The van der Waals surface area contributed by atoms with Gasteiger partial charge in [0.1, 0.15) is 23.2 Å². The van der Waals surface area contributed by atoms with E-state index in [9.17, 15) is 4.79 Å². The van der Waals surface area contributed by atoms with Crippen molar-refractivity contribution in [2.75, 3.05) is 11.6 Å². The molecule has 1 amide bonds. The van der Waals surface area contributed by atoms with E-state index in [1.807, 2.05) is 24.1 Å². The minimum absolute atomic E-state index is 0.269. The number of carbonyl (C=O) groups excluding carboxylic acids is 1. The second-order valence-electron chi connectivity index (χ2n) is 6.72. The first-order valence-corrected chi connectivity index (χ1v) is 10.7. The molecule has 1 aromatic carbocycles. The Balaban J connectivity index is 1.47. The van der Waals surface area contributed by atoms with Crippen LogP contribution in [-0.4, -0.2) is 31.7 Å². The SMILES string of the molecule is CSc1nc(-c2ccco2)nc(C)c1C(=O)Nc1ccc(OCc2nccn2C)cc1. The molecular formula is C22H21N5O3S. The van der Waals surface area contributed by atoms with Crippen molar-refractivity contribution >= 4 is 23.4 Å². The fourth-order valence-corrected chi connectivity index (χ4v) is 3.61. The van der Waals surface area contributed by atoms with Crippen molar-refractivity contribution in [3.8, 4) is 17.3 Å². The van der Waals surface area contributed by atoms with Gasteiger partial charge >= 0.3 is 0 Å². The van der Waals surface area contributed by atoms with Gasteiger partial charge in [0, 0.05) is 25.1 Å². The van der Waals surface area contributed by atoms with E-state index in [1.165, 1.54) is 11.8 Å². The molecule has 1 N–H and O–H groups in total. The minimum Gasteiger partial charge on any atom is -0.486 e. The van der Waals surface area contributed by atoms with Crippen LogP contribution in [-0.2, 0) is 13.7 Å². The van der Waals surface area contributed by atoms with Crippen molar-refractivity contribution in [1.82, 2.24) is 19.5 Å². The number of anilines is 1. The van der Waals surface area contributed by atoms with Crippen LogP contribution >= 0.6 is 11.8 Å². The van der Waals surface area contributed by atoms with Gasteiger partial charge in [-0.15, -0.1) is 11.8 Å². The molecule has 31 heavy (non-hydrogen) atoms. The number of rotatable bonds is 7. The highest BCUT2D eigenvalue weighted by atomic mass is 32.2. The zero-order valence-electron chi connectivity index (χ0n) is 17.3. The number of hydrogen-bond acceptors (Lipinski definition) is 7. The van der Waals surface area contributed by atoms with Crippen LogP contribution in [0, 0.1) is 6.92 Å². The first-order valence-electron chi connectivity index (χ1n) is 9.52. The standard InChI is InChI=1S/C22H21N5O3S/c1-14-19(22(31-3)26-20(24-14)17-5-4-12-29-17)21(28)25-15-6-8-16(9-7-15)30-13-18-23-10-11-27(18)2/h4-12H,13H2,1-3H3,(H,25,28). The number of amides is 1. The summed E-state index contributed by atoms with van der Waals surface area (Å²) in [4.78, 5) is 26.1. The molecule has 4 aromatic rings. The number of nitrogens with zero attached hydrogens (tertiary/aromatic N) is 4. The maximum absolute atomic E-state index is 12.9. The molecule has 4 rings (SSSR count).